The van der Waals surface area contributed by atoms with E-state index in [1.807, 2.05) is 41.8 Å². The molecule has 33 heavy (non-hydrogen) atoms. The van der Waals surface area contributed by atoms with Gasteiger partial charge in [-0.25, -0.2) is 9.89 Å². The molecule has 8 nitrogen and oxygen atoms in total. The SMILES string of the molecule is CCCCc1c(Cl)n(C(C)CC)c(=O)n1Cc1ccc(-c2ccncc2-c2nnn[nH]2)cc1. The zero-order valence-corrected chi connectivity index (χ0v) is 19.9. The van der Waals surface area contributed by atoms with E-state index in [1.54, 1.807) is 17.0 Å². The number of aromatic amines is 1. The monoisotopic (exact) mass is 465 g/mol. The summed E-state index contributed by atoms with van der Waals surface area (Å²) in [5.74, 6) is 0.565. The molecule has 3 heterocycles. The predicted molar refractivity (Wildman–Crippen MR) is 129 cm³/mol. The lowest BCUT2D eigenvalue weighted by Gasteiger charge is -2.10. The van der Waals surface area contributed by atoms with Crippen LogP contribution in [0.3, 0.4) is 0 Å². The van der Waals surface area contributed by atoms with Crippen LogP contribution in [0.15, 0.2) is 47.5 Å². The molecule has 3 aromatic heterocycles. The predicted octanol–water partition coefficient (Wildman–Crippen LogP) is 4.91. The summed E-state index contributed by atoms with van der Waals surface area (Å²) in [4.78, 5) is 17.5. The highest BCUT2D eigenvalue weighted by atomic mass is 35.5. The fourth-order valence-electron chi connectivity index (χ4n) is 3.97. The number of halogens is 1. The van der Waals surface area contributed by atoms with E-state index in [2.05, 4.69) is 39.5 Å². The van der Waals surface area contributed by atoms with E-state index >= 15 is 0 Å². The van der Waals surface area contributed by atoms with Crippen molar-refractivity contribution in [3.63, 3.8) is 0 Å². The normalized spacial score (nSPS) is 12.2. The maximum atomic E-state index is 13.3. The van der Waals surface area contributed by atoms with Gasteiger partial charge in [-0.2, -0.15) is 0 Å². The first-order chi connectivity index (χ1) is 16.0. The summed E-state index contributed by atoms with van der Waals surface area (Å²) in [7, 11) is 0. The van der Waals surface area contributed by atoms with Crippen molar-refractivity contribution in [1.29, 1.82) is 0 Å². The molecule has 0 aliphatic rings. The fourth-order valence-corrected chi connectivity index (χ4v) is 4.41. The van der Waals surface area contributed by atoms with Crippen molar-refractivity contribution in [3.05, 3.63) is 69.6 Å². The average molecular weight is 466 g/mol. The largest absolute Gasteiger partial charge is 0.330 e. The zero-order chi connectivity index (χ0) is 23.4. The van der Waals surface area contributed by atoms with Crippen molar-refractivity contribution in [2.45, 2.75) is 59.0 Å². The lowest BCUT2D eigenvalue weighted by molar-refractivity contribution is 0.505. The quantitative estimate of drug-likeness (QED) is 0.379. The van der Waals surface area contributed by atoms with Crippen LogP contribution in [0.1, 0.15) is 57.3 Å². The maximum Gasteiger partial charge on any atom is 0.330 e. The van der Waals surface area contributed by atoms with Gasteiger partial charge in [0.2, 0.25) is 0 Å². The molecule has 1 aromatic carbocycles. The highest BCUT2D eigenvalue weighted by Gasteiger charge is 2.21. The first kappa shape index (κ1) is 22.9. The van der Waals surface area contributed by atoms with Gasteiger partial charge in [0, 0.05) is 24.0 Å². The number of aromatic nitrogens is 7. The zero-order valence-electron chi connectivity index (χ0n) is 19.1. The summed E-state index contributed by atoms with van der Waals surface area (Å²) in [5.41, 5.74) is 4.73. The minimum absolute atomic E-state index is 0.0428. The van der Waals surface area contributed by atoms with E-state index in [4.69, 9.17) is 11.6 Å². The third-order valence-corrected chi connectivity index (χ3v) is 6.44. The lowest BCUT2D eigenvalue weighted by Crippen LogP contribution is -2.27. The van der Waals surface area contributed by atoms with Gasteiger partial charge in [0.1, 0.15) is 5.15 Å². The van der Waals surface area contributed by atoms with Crippen molar-refractivity contribution in [2.75, 3.05) is 0 Å². The second-order valence-electron chi connectivity index (χ2n) is 8.21. The fraction of sp³-hybridized carbons (Fsp3) is 0.375. The Labute approximate surface area is 197 Å². The number of hydrogen-bond donors (Lipinski definition) is 1. The number of tetrazole rings is 1. The van der Waals surface area contributed by atoms with Gasteiger partial charge in [-0.3, -0.25) is 14.1 Å². The summed E-state index contributed by atoms with van der Waals surface area (Å²) < 4.78 is 3.56. The van der Waals surface area contributed by atoms with Gasteiger partial charge in [0.15, 0.2) is 5.82 Å². The van der Waals surface area contributed by atoms with Crippen LogP contribution in [-0.2, 0) is 13.0 Å². The van der Waals surface area contributed by atoms with Gasteiger partial charge in [-0.1, -0.05) is 56.1 Å². The Balaban J connectivity index is 1.67. The highest BCUT2D eigenvalue weighted by molar-refractivity contribution is 6.30. The molecule has 0 aliphatic heterocycles. The first-order valence-corrected chi connectivity index (χ1v) is 11.7. The minimum atomic E-state index is -0.0428. The third kappa shape index (κ3) is 4.61. The average Bonchev–Trinajstić information content (AvgIpc) is 3.45. The van der Waals surface area contributed by atoms with Gasteiger partial charge in [0.25, 0.3) is 0 Å². The van der Waals surface area contributed by atoms with Crippen LogP contribution in [0.25, 0.3) is 22.5 Å². The Morgan fingerprint density at radius 3 is 2.58 bits per heavy atom. The van der Waals surface area contributed by atoms with Gasteiger partial charge >= 0.3 is 5.69 Å². The number of rotatable bonds is 9. The number of nitrogens with zero attached hydrogens (tertiary/aromatic N) is 6. The van der Waals surface area contributed by atoms with Crippen molar-refractivity contribution >= 4 is 11.6 Å². The Morgan fingerprint density at radius 2 is 1.91 bits per heavy atom. The molecule has 0 aliphatic carbocycles. The Bertz CT molecular complexity index is 1260. The molecule has 9 heteroatoms. The lowest BCUT2D eigenvalue weighted by atomic mass is 10.00. The van der Waals surface area contributed by atoms with Gasteiger partial charge in [0.05, 0.1) is 12.2 Å². The van der Waals surface area contributed by atoms with Crippen LogP contribution < -0.4 is 5.69 Å². The van der Waals surface area contributed by atoms with Crippen LogP contribution in [-0.4, -0.2) is 34.7 Å². The number of pyridine rings is 1. The van der Waals surface area contributed by atoms with Crippen molar-refractivity contribution in [1.82, 2.24) is 34.7 Å². The maximum absolute atomic E-state index is 13.3. The summed E-state index contributed by atoms with van der Waals surface area (Å²) in [6.07, 6.45) is 7.16. The molecule has 1 atom stereocenters. The highest BCUT2D eigenvalue weighted by Crippen LogP contribution is 2.29. The van der Waals surface area contributed by atoms with Crippen LogP contribution in [0.4, 0.5) is 0 Å². The first-order valence-electron chi connectivity index (χ1n) is 11.3. The summed E-state index contributed by atoms with van der Waals surface area (Å²) in [5, 5.41) is 14.7. The molecule has 172 valence electrons. The van der Waals surface area contributed by atoms with E-state index < -0.39 is 0 Å². The van der Waals surface area contributed by atoms with E-state index in [9.17, 15) is 4.79 Å². The van der Waals surface area contributed by atoms with Crippen molar-refractivity contribution in [2.24, 2.45) is 0 Å². The molecular formula is C24H28ClN7O. The van der Waals surface area contributed by atoms with Crippen LogP contribution in [0.5, 0.6) is 0 Å². The summed E-state index contributed by atoms with van der Waals surface area (Å²) in [6.45, 7) is 6.73. The van der Waals surface area contributed by atoms with E-state index in [0.29, 0.717) is 17.5 Å². The van der Waals surface area contributed by atoms with E-state index in [0.717, 1.165) is 53.6 Å². The van der Waals surface area contributed by atoms with Crippen molar-refractivity contribution < 1.29 is 0 Å². The molecule has 0 bridgehead atoms. The molecule has 0 spiro atoms. The second kappa shape index (κ2) is 10.1. The van der Waals surface area contributed by atoms with Crippen LogP contribution in [0, 0.1) is 0 Å². The minimum Gasteiger partial charge on any atom is -0.290 e. The molecule has 0 fully saturated rings. The standard InChI is InChI=1S/C24H28ClN7O/c1-4-6-7-21-22(25)32(16(3)5-2)24(33)31(21)15-17-8-10-18(11-9-17)19-12-13-26-14-20(19)23-27-29-30-28-23/h8-14,16H,4-7,15H2,1-3H3,(H,27,28,29,30). The van der Waals surface area contributed by atoms with E-state index in [1.165, 1.54) is 0 Å². The van der Waals surface area contributed by atoms with Gasteiger partial charge in [-0.15, -0.1) is 5.10 Å². The molecule has 4 rings (SSSR count). The van der Waals surface area contributed by atoms with Crippen LogP contribution in [0.2, 0.25) is 5.15 Å². The molecule has 1 unspecified atom stereocenters. The third-order valence-electron chi connectivity index (χ3n) is 6.04. The Kier molecular flexibility index (Phi) is 7.03. The molecule has 0 saturated heterocycles. The van der Waals surface area contributed by atoms with Crippen LogP contribution >= 0.6 is 11.6 Å². The number of hydrogen-bond acceptors (Lipinski definition) is 5. The number of H-pyrrole nitrogens is 1. The number of unbranched alkanes of at least 4 members (excludes halogenated alkanes) is 1. The summed E-state index contributed by atoms with van der Waals surface area (Å²) in [6, 6.07) is 10.2. The Hall–Kier alpha value is -3.26. The number of benzene rings is 1. The summed E-state index contributed by atoms with van der Waals surface area (Å²) >= 11 is 6.70. The number of imidazole rings is 1. The molecule has 0 saturated carbocycles. The topological polar surface area (TPSA) is 94.3 Å². The molecule has 1 N–H and O–H groups in total. The number of nitrogens with one attached hydrogen (secondary N) is 1. The second-order valence-corrected chi connectivity index (χ2v) is 8.56. The van der Waals surface area contributed by atoms with E-state index in [-0.39, 0.29) is 11.7 Å². The Morgan fingerprint density at radius 1 is 1.12 bits per heavy atom. The smallest absolute Gasteiger partial charge is 0.290 e. The molecular weight excluding hydrogens is 438 g/mol. The van der Waals surface area contributed by atoms with Gasteiger partial charge in [-0.05, 0) is 59.4 Å². The van der Waals surface area contributed by atoms with Gasteiger partial charge < -0.3 is 0 Å². The molecule has 0 radical (unpaired) electrons. The molecule has 4 aromatic rings. The van der Waals surface area contributed by atoms with Crippen molar-refractivity contribution in [3.8, 4) is 22.5 Å². The molecule has 0 amide bonds.